The maximum Gasteiger partial charge on any atom is 0.286 e. The van der Waals surface area contributed by atoms with Crippen molar-refractivity contribution >= 4 is 44.8 Å². The van der Waals surface area contributed by atoms with Crippen LogP contribution in [0, 0.1) is 0 Å². The highest BCUT2D eigenvalue weighted by atomic mass is 79.9. The molecule has 122 valence electrons. The summed E-state index contributed by atoms with van der Waals surface area (Å²) in [6.07, 6.45) is 1.87. The lowest BCUT2D eigenvalue weighted by Gasteiger charge is -2.27. The monoisotopic (exact) mass is 396 g/mol. The summed E-state index contributed by atoms with van der Waals surface area (Å²) in [5, 5.41) is 0.773. The highest BCUT2D eigenvalue weighted by Crippen LogP contribution is 2.32. The zero-order chi connectivity index (χ0) is 16.2. The van der Waals surface area contributed by atoms with Crippen LogP contribution in [0.2, 0.25) is 0 Å². The van der Waals surface area contributed by atoms with Crippen LogP contribution in [0.4, 0.5) is 0 Å². The van der Waals surface area contributed by atoms with Crippen molar-refractivity contribution in [2.45, 2.75) is 6.92 Å². The molecule has 0 N–H and O–H groups in total. The number of rotatable bonds is 3. The van der Waals surface area contributed by atoms with Gasteiger partial charge in [0, 0.05) is 13.1 Å². The summed E-state index contributed by atoms with van der Waals surface area (Å²) in [6, 6.07) is 5.77. The van der Waals surface area contributed by atoms with Gasteiger partial charge in [-0.15, -0.1) is 0 Å². The van der Waals surface area contributed by atoms with E-state index in [-0.39, 0.29) is 5.91 Å². The lowest BCUT2D eigenvalue weighted by atomic mass is 10.2. The third-order valence-electron chi connectivity index (χ3n) is 3.44. The summed E-state index contributed by atoms with van der Waals surface area (Å²) < 4.78 is 11.7. The number of carbonyl (C=O) groups excluding carboxylic acids is 1. The van der Waals surface area contributed by atoms with Gasteiger partial charge in [0.05, 0.1) is 29.2 Å². The van der Waals surface area contributed by atoms with Crippen LogP contribution in [-0.4, -0.2) is 48.9 Å². The summed E-state index contributed by atoms with van der Waals surface area (Å²) in [4.78, 5) is 19.0. The first kappa shape index (κ1) is 16.5. The molecule has 1 saturated heterocycles. The number of thioether (sulfide) groups is 1. The van der Waals surface area contributed by atoms with Gasteiger partial charge < -0.3 is 14.4 Å². The van der Waals surface area contributed by atoms with Crippen molar-refractivity contribution < 1.29 is 14.3 Å². The topological polar surface area (TPSA) is 51.1 Å². The number of halogens is 1. The number of amidine groups is 1. The van der Waals surface area contributed by atoms with E-state index in [1.54, 1.807) is 0 Å². The Bertz CT molecular complexity index is 669. The van der Waals surface area contributed by atoms with Crippen LogP contribution in [0.5, 0.6) is 5.75 Å². The third kappa shape index (κ3) is 3.97. The molecule has 0 spiro atoms. The number of amides is 1. The van der Waals surface area contributed by atoms with E-state index in [4.69, 9.17) is 9.47 Å². The highest BCUT2D eigenvalue weighted by molar-refractivity contribution is 9.10. The molecular formula is C16H17BrN2O3S. The molecule has 1 aromatic rings. The van der Waals surface area contributed by atoms with Crippen molar-refractivity contribution in [3.8, 4) is 5.75 Å². The number of benzene rings is 1. The van der Waals surface area contributed by atoms with Crippen LogP contribution >= 0.6 is 27.7 Å². The van der Waals surface area contributed by atoms with Crippen molar-refractivity contribution in [3.05, 3.63) is 33.1 Å². The minimum Gasteiger partial charge on any atom is -0.493 e. The number of carbonyl (C=O) groups is 1. The number of aliphatic imine (C=N–C) groups is 1. The van der Waals surface area contributed by atoms with E-state index in [1.807, 2.05) is 31.2 Å². The molecule has 3 rings (SSSR count). The Labute approximate surface area is 147 Å². The average Bonchev–Trinajstić information content (AvgIpc) is 2.92. The molecule has 0 saturated carbocycles. The standard InChI is InChI=1S/C16H17BrN2O3S/c1-2-22-13-4-3-11(9-12(13)17)10-14-15(20)18-16(23-14)19-5-7-21-8-6-19/h3-4,9-10H,2,5-8H2,1H3. The van der Waals surface area contributed by atoms with Crippen LogP contribution in [0.3, 0.4) is 0 Å². The summed E-state index contributed by atoms with van der Waals surface area (Å²) in [6.45, 7) is 5.48. The Hall–Kier alpha value is -1.31. The summed E-state index contributed by atoms with van der Waals surface area (Å²) in [5.41, 5.74) is 0.939. The van der Waals surface area contributed by atoms with Crippen LogP contribution in [-0.2, 0) is 9.53 Å². The highest BCUT2D eigenvalue weighted by Gasteiger charge is 2.27. The van der Waals surface area contributed by atoms with Crippen LogP contribution in [0.1, 0.15) is 12.5 Å². The minimum absolute atomic E-state index is 0.179. The first-order valence-corrected chi connectivity index (χ1v) is 9.06. The van der Waals surface area contributed by atoms with Crippen LogP contribution in [0.25, 0.3) is 6.08 Å². The van der Waals surface area contributed by atoms with Gasteiger partial charge in [-0.25, -0.2) is 0 Å². The molecule has 5 nitrogen and oxygen atoms in total. The largest absolute Gasteiger partial charge is 0.493 e. The van der Waals surface area contributed by atoms with Gasteiger partial charge in [0.2, 0.25) is 0 Å². The quantitative estimate of drug-likeness (QED) is 0.734. The van der Waals surface area contributed by atoms with Gasteiger partial charge in [-0.2, -0.15) is 4.99 Å². The lowest BCUT2D eigenvalue weighted by Crippen LogP contribution is -2.38. The van der Waals surface area contributed by atoms with Crippen LogP contribution < -0.4 is 4.74 Å². The second-order valence-corrected chi connectivity index (χ2v) is 6.90. The van der Waals surface area contributed by atoms with Gasteiger partial charge in [-0.3, -0.25) is 4.79 Å². The Morgan fingerprint density at radius 3 is 2.91 bits per heavy atom. The predicted molar refractivity (Wildman–Crippen MR) is 95.7 cm³/mol. The molecule has 1 aromatic carbocycles. The molecule has 0 radical (unpaired) electrons. The molecule has 2 aliphatic rings. The van der Waals surface area contributed by atoms with E-state index < -0.39 is 0 Å². The summed E-state index contributed by atoms with van der Waals surface area (Å²) in [7, 11) is 0. The predicted octanol–water partition coefficient (Wildman–Crippen LogP) is 3.15. The van der Waals surface area contributed by atoms with Gasteiger partial charge in [0.1, 0.15) is 5.75 Å². The molecule has 1 amide bonds. The number of hydrogen-bond acceptors (Lipinski definition) is 5. The van der Waals surface area contributed by atoms with E-state index in [0.29, 0.717) is 24.7 Å². The van der Waals surface area contributed by atoms with E-state index in [9.17, 15) is 4.79 Å². The molecule has 2 heterocycles. The second kappa shape index (κ2) is 7.51. The zero-order valence-electron chi connectivity index (χ0n) is 12.8. The van der Waals surface area contributed by atoms with Gasteiger partial charge in [0.25, 0.3) is 5.91 Å². The fourth-order valence-corrected chi connectivity index (χ4v) is 3.79. The molecule has 2 aliphatic heterocycles. The lowest BCUT2D eigenvalue weighted by molar-refractivity contribution is -0.113. The first-order chi connectivity index (χ1) is 11.2. The Balaban J connectivity index is 1.73. The molecule has 23 heavy (non-hydrogen) atoms. The molecule has 0 atom stereocenters. The molecule has 1 fully saturated rings. The van der Waals surface area contributed by atoms with Gasteiger partial charge in [-0.1, -0.05) is 6.07 Å². The summed E-state index contributed by atoms with van der Waals surface area (Å²) >= 11 is 4.92. The maximum atomic E-state index is 12.1. The van der Waals surface area contributed by atoms with Crippen molar-refractivity contribution in [1.29, 1.82) is 0 Å². The Kier molecular flexibility index (Phi) is 5.40. The number of hydrogen-bond donors (Lipinski definition) is 0. The smallest absolute Gasteiger partial charge is 0.286 e. The van der Waals surface area contributed by atoms with E-state index in [1.165, 1.54) is 11.8 Å². The molecule has 0 aromatic heterocycles. The average molecular weight is 397 g/mol. The van der Waals surface area contributed by atoms with Crippen LogP contribution in [0.15, 0.2) is 32.6 Å². The SMILES string of the molecule is CCOc1ccc(C=C2SC(N3CCOCC3)=NC2=O)cc1Br. The first-order valence-electron chi connectivity index (χ1n) is 7.45. The minimum atomic E-state index is -0.179. The Morgan fingerprint density at radius 1 is 1.43 bits per heavy atom. The second-order valence-electron chi connectivity index (χ2n) is 5.03. The van der Waals surface area contributed by atoms with E-state index in [0.717, 1.165) is 34.0 Å². The maximum absolute atomic E-state index is 12.1. The number of morpholine rings is 1. The number of nitrogens with zero attached hydrogens (tertiary/aromatic N) is 2. The fourth-order valence-electron chi connectivity index (χ4n) is 2.32. The summed E-state index contributed by atoms with van der Waals surface area (Å²) in [5.74, 6) is 0.617. The molecule has 0 aliphatic carbocycles. The van der Waals surface area contributed by atoms with Crippen molar-refractivity contribution in [3.63, 3.8) is 0 Å². The molecular weight excluding hydrogens is 380 g/mol. The molecule has 7 heteroatoms. The zero-order valence-corrected chi connectivity index (χ0v) is 15.2. The van der Waals surface area contributed by atoms with Crippen molar-refractivity contribution in [1.82, 2.24) is 4.90 Å². The van der Waals surface area contributed by atoms with E-state index >= 15 is 0 Å². The van der Waals surface area contributed by atoms with Crippen molar-refractivity contribution in [2.24, 2.45) is 4.99 Å². The normalized spacial score (nSPS) is 20.1. The van der Waals surface area contributed by atoms with E-state index in [2.05, 4.69) is 25.8 Å². The Morgan fingerprint density at radius 2 is 2.22 bits per heavy atom. The molecule has 0 bridgehead atoms. The van der Waals surface area contributed by atoms with Gasteiger partial charge in [-0.05, 0) is 58.4 Å². The van der Waals surface area contributed by atoms with Gasteiger partial charge >= 0.3 is 0 Å². The van der Waals surface area contributed by atoms with Crippen molar-refractivity contribution in [2.75, 3.05) is 32.9 Å². The fraction of sp³-hybridized carbons (Fsp3) is 0.375. The van der Waals surface area contributed by atoms with Gasteiger partial charge in [0.15, 0.2) is 5.17 Å². The third-order valence-corrected chi connectivity index (χ3v) is 5.11. The molecule has 0 unspecified atom stereocenters. The number of ether oxygens (including phenoxy) is 2.